The van der Waals surface area contributed by atoms with Crippen molar-refractivity contribution in [3.05, 3.63) is 33.3 Å². The Morgan fingerprint density at radius 1 is 1.33 bits per heavy atom. The van der Waals surface area contributed by atoms with Gasteiger partial charge in [0.2, 0.25) is 0 Å². The average Bonchev–Trinajstić information content (AvgIpc) is 2.62. The number of hydrogen-bond donors (Lipinski definition) is 2. The van der Waals surface area contributed by atoms with Gasteiger partial charge in [0.1, 0.15) is 0 Å². The highest BCUT2D eigenvalue weighted by Gasteiger charge is 2.33. The highest BCUT2D eigenvalue weighted by atomic mass is 35.5. The van der Waals surface area contributed by atoms with Gasteiger partial charge in [-0.25, -0.2) is 0 Å². The molecule has 0 amide bonds. The van der Waals surface area contributed by atoms with Crippen molar-refractivity contribution in [3.8, 4) is 0 Å². The Morgan fingerprint density at radius 2 is 2.07 bits per heavy atom. The molecule has 1 aromatic carbocycles. The van der Waals surface area contributed by atoms with Gasteiger partial charge in [0, 0.05) is 6.54 Å². The van der Waals surface area contributed by atoms with Gasteiger partial charge in [0.05, 0.1) is 15.6 Å². The first-order valence-electron chi connectivity index (χ1n) is 4.99. The van der Waals surface area contributed by atoms with E-state index in [-0.39, 0.29) is 5.54 Å². The van der Waals surface area contributed by atoms with E-state index in [2.05, 4.69) is 5.32 Å². The lowest BCUT2D eigenvalue weighted by molar-refractivity contribution is 0.494. The van der Waals surface area contributed by atoms with E-state index >= 15 is 0 Å². The van der Waals surface area contributed by atoms with Crippen molar-refractivity contribution >= 4 is 23.2 Å². The topological polar surface area (TPSA) is 38.0 Å². The van der Waals surface area contributed by atoms with Gasteiger partial charge in [-0.05, 0) is 31.0 Å². The first-order valence-corrected chi connectivity index (χ1v) is 5.75. The maximum atomic E-state index is 6.29. The third kappa shape index (κ3) is 1.87. The van der Waals surface area contributed by atoms with E-state index in [1.807, 2.05) is 19.1 Å². The summed E-state index contributed by atoms with van der Waals surface area (Å²) in [5, 5.41) is 4.46. The maximum Gasteiger partial charge on any atom is 0.0646 e. The van der Waals surface area contributed by atoms with E-state index in [1.165, 1.54) is 0 Å². The first kappa shape index (κ1) is 11.2. The fraction of sp³-hybridized carbons (Fsp3) is 0.455. The molecule has 0 bridgehead atoms. The van der Waals surface area contributed by atoms with Crippen LogP contribution in [0.4, 0.5) is 0 Å². The van der Waals surface area contributed by atoms with Crippen LogP contribution in [0.15, 0.2) is 12.1 Å². The van der Waals surface area contributed by atoms with Crippen LogP contribution in [-0.4, -0.2) is 13.1 Å². The van der Waals surface area contributed by atoms with E-state index in [9.17, 15) is 0 Å². The predicted octanol–water partition coefficient (Wildman–Crippen LogP) is 2.45. The molecule has 0 aromatic heterocycles. The Balaban J connectivity index is 2.49. The highest BCUT2D eigenvalue weighted by molar-refractivity contribution is 6.43. The smallest absolute Gasteiger partial charge is 0.0646 e. The summed E-state index contributed by atoms with van der Waals surface area (Å²) in [7, 11) is 0. The Kier molecular flexibility index (Phi) is 2.95. The van der Waals surface area contributed by atoms with Gasteiger partial charge in [0.25, 0.3) is 0 Å². The molecule has 1 aliphatic rings. The normalized spacial score (nSPS) is 25.9. The molecule has 0 saturated carbocycles. The van der Waals surface area contributed by atoms with Crippen LogP contribution < -0.4 is 11.1 Å². The number of aryl methyl sites for hydroxylation is 1. The van der Waals surface area contributed by atoms with Crippen LogP contribution >= 0.6 is 23.2 Å². The summed E-state index contributed by atoms with van der Waals surface area (Å²) in [5.41, 5.74) is 7.86. The molecule has 1 atom stereocenters. The predicted molar refractivity (Wildman–Crippen MR) is 64.6 cm³/mol. The molecule has 82 valence electrons. The summed E-state index contributed by atoms with van der Waals surface area (Å²) < 4.78 is 0. The largest absolute Gasteiger partial charge is 0.320 e. The molecular formula is C11H14Cl2N2. The highest BCUT2D eigenvalue weighted by Crippen LogP contribution is 2.36. The van der Waals surface area contributed by atoms with Gasteiger partial charge in [-0.15, -0.1) is 0 Å². The van der Waals surface area contributed by atoms with Crippen LogP contribution in [0.3, 0.4) is 0 Å². The summed E-state index contributed by atoms with van der Waals surface area (Å²) in [6.07, 6.45) is 0.895. The summed E-state index contributed by atoms with van der Waals surface area (Å²) in [5.74, 6) is 0. The Hall–Kier alpha value is -0.280. The van der Waals surface area contributed by atoms with E-state index in [0.717, 1.165) is 30.6 Å². The third-order valence-corrected chi connectivity index (χ3v) is 3.98. The van der Waals surface area contributed by atoms with Crippen molar-refractivity contribution in [2.24, 2.45) is 5.73 Å². The van der Waals surface area contributed by atoms with Crippen LogP contribution in [0, 0.1) is 6.92 Å². The van der Waals surface area contributed by atoms with Gasteiger partial charge < -0.3 is 11.1 Å². The molecule has 1 fully saturated rings. The number of nitrogens with two attached hydrogens (primary N) is 1. The van der Waals surface area contributed by atoms with Crippen LogP contribution in [0.25, 0.3) is 0 Å². The molecule has 1 aromatic rings. The summed E-state index contributed by atoms with van der Waals surface area (Å²) in [6, 6.07) is 3.95. The fourth-order valence-electron chi connectivity index (χ4n) is 1.97. The SMILES string of the molecule is Cc1ccc(C2(N)CCNC2)c(Cl)c1Cl. The fourth-order valence-corrected chi connectivity index (χ4v) is 2.54. The second-order valence-corrected chi connectivity index (χ2v) is 4.90. The van der Waals surface area contributed by atoms with E-state index in [1.54, 1.807) is 0 Å². The lowest BCUT2D eigenvalue weighted by atomic mass is 9.89. The number of benzene rings is 1. The standard InChI is InChI=1S/C11H14Cl2N2/c1-7-2-3-8(10(13)9(7)12)11(14)4-5-15-6-11/h2-3,15H,4-6,14H2,1H3. The molecule has 1 saturated heterocycles. The molecule has 15 heavy (non-hydrogen) atoms. The van der Waals surface area contributed by atoms with Gasteiger partial charge in [-0.2, -0.15) is 0 Å². The molecule has 0 aliphatic carbocycles. The van der Waals surface area contributed by atoms with Crippen molar-refractivity contribution in [2.75, 3.05) is 13.1 Å². The zero-order valence-corrected chi connectivity index (χ0v) is 10.1. The lowest BCUT2D eigenvalue weighted by Crippen LogP contribution is -2.39. The molecule has 4 heteroatoms. The van der Waals surface area contributed by atoms with Crippen molar-refractivity contribution in [1.82, 2.24) is 5.32 Å². The number of halogens is 2. The van der Waals surface area contributed by atoms with E-state index < -0.39 is 0 Å². The minimum absolute atomic E-state index is 0.367. The Bertz CT molecular complexity index is 384. The van der Waals surface area contributed by atoms with Crippen molar-refractivity contribution in [1.29, 1.82) is 0 Å². The maximum absolute atomic E-state index is 6.29. The van der Waals surface area contributed by atoms with Crippen molar-refractivity contribution in [3.63, 3.8) is 0 Å². The minimum atomic E-state index is -0.367. The number of hydrogen-bond acceptors (Lipinski definition) is 2. The van der Waals surface area contributed by atoms with Crippen LogP contribution in [0.1, 0.15) is 17.5 Å². The summed E-state index contributed by atoms with van der Waals surface area (Å²) in [6.45, 7) is 3.62. The van der Waals surface area contributed by atoms with Crippen molar-refractivity contribution in [2.45, 2.75) is 18.9 Å². The first-order chi connectivity index (χ1) is 7.04. The molecule has 2 rings (SSSR count). The molecule has 1 unspecified atom stereocenters. The lowest BCUT2D eigenvalue weighted by Gasteiger charge is -2.25. The monoisotopic (exact) mass is 244 g/mol. The summed E-state index contributed by atoms with van der Waals surface area (Å²) in [4.78, 5) is 0. The van der Waals surface area contributed by atoms with E-state index in [0.29, 0.717) is 10.0 Å². The second-order valence-electron chi connectivity index (χ2n) is 4.14. The molecular weight excluding hydrogens is 231 g/mol. The molecule has 3 N–H and O–H groups in total. The Labute approximate surface area is 99.7 Å². The second kappa shape index (κ2) is 3.95. The van der Waals surface area contributed by atoms with Crippen LogP contribution in [0.2, 0.25) is 10.0 Å². The molecule has 0 radical (unpaired) electrons. The van der Waals surface area contributed by atoms with E-state index in [4.69, 9.17) is 28.9 Å². The van der Waals surface area contributed by atoms with Crippen LogP contribution in [-0.2, 0) is 5.54 Å². The summed E-state index contributed by atoms with van der Waals surface area (Å²) >= 11 is 12.3. The number of rotatable bonds is 1. The quantitative estimate of drug-likeness (QED) is 0.797. The van der Waals surface area contributed by atoms with Gasteiger partial charge in [-0.1, -0.05) is 35.3 Å². The zero-order valence-electron chi connectivity index (χ0n) is 8.61. The molecule has 0 spiro atoms. The molecule has 1 heterocycles. The van der Waals surface area contributed by atoms with Gasteiger partial charge in [0.15, 0.2) is 0 Å². The van der Waals surface area contributed by atoms with Crippen molar-refractivity contribution < 1.29 is 0 Å². The zero-order chi connectivity index (χ0) is 11.1. The average molecular weight is 245 g/mol. The number of nitrogens with one attached hydrogen (secondary N) is 1. The molecule has 1 aliphatic heterocycles. The molecule has 2 nitrogen and oxygen atoms in total. The Morgan fingerprint density at radius 3 is 2.67 bits per heavy atom. The minimum Gasteiger partial charge on any atom is -0.320 e. The van der Waals surface area contributed by atoms with Gasteiger partial charge in [-0.3, -0.25) is 0 Å². The third-order valence-electron chi connectivity index (χ3n) is 3.00. The van der Waals surface area contributed by atoms with Gasteiger partial charge >= 0.3 is 0 Å². The van der Waals surface area contributed by atoms with Crippen LogP contribution in [0.5, 0.6) is 0 Å².